The van der Waals surface area contributed by atoms with Gasteiger partial charge >= 0.3 is 0 Å². The maximum absolute atomic E-state index is 13.0. The van der Waals surface area contributed by atoms with E-state index in [0.29, 0.717) is 5.78 Å². The SMILES string of the molecule is COc1ccc(C2C3CCCC(C3=O)C3(O)CCCCC23)cc1. The molecule has 5 unspecified atom stereocenters. The number of carbonyl (C=O) groups excluding carboxylic acids is 1. The van der Waals surface area contributed by atoms with Crippen molar-refractivity contribution in [2.75, 3.05) is 7.11 Å². The normalized spacial score (nSPS) is 39.7. The van der Waals surface area contributed by atoms with E-state index in [2.05, 4.69) is 12.1 Å². The van der Waals surface area contributed by atoms with Crippen molar-refractivity contribution in [3.05, 3.63) is 29.8 Å². The number of rotatable bonds is 2. The predicted octanol–water partition coefficient (Wildman–Crippen LogP) is 3.70. The smallest absolute Gasteiger partial charge is 0.142 e. The Bertz CT molecular complexity index is 593. The molecule has 3 saturated carbocycles. The van der Waals surface area contributed by atoms with E-state index in [4.69, 9.17) is 4.74 Å². The Morgan fingerprint density at radius 3 is 2.61 bits per heavy atom. The lowest BCUT2D eigenvalue weighted by Gasteiger charge is -2.56. The van der Waals surface area contributed by atoms with E-state index in [1.165, 1.54) is 12.0 Å². The minimum absolute atomic E-state index is 0.102. The number of hydrogen-bond acceptors (Lipinski definition) is 3. The van der Waals surface area contributed by atoms with Gasteiger partial charge in [-0.05, 0) is 55.2 Å². The molecular formula is C20H26O3. The summed E-state index contributed by atoms with van der Waals surface area (Å²) in [6, 6.07) is 8.16. The summed E-state index contributed by atoms with van der Waals surface area (Å²) in [6.07, 6.45) is 7.02. The predicted molar refractivity (Wildman–Crippen MR) is 88.5 cm³/mol. The van der Waals surface area contributed by atoms with Crippen LogP contribution in [0.4, 0.5) is 0 Å². The van der Waals surface area contributed by atoms with Crippen molar-refractivity contribution in [2.24, 2.45) is 17.8 Å². The van der Waals surface area contributed by atoms with E-state index in [9.17, 15) is 9.90 Å². The van der Waals surface area contributed by atoms with Crippen LogP contribution in [0.15, 0.2) is 24.3 Å². The summed E-state index contributed by atoms with van der Waals surface area (Å²) in [7, 11) is 1.67. The van der Waals surface area contributed by atoms with Gasteiger partial charge in [0.05, 0.1) is 12.7 Å². The zero-order chi connectivity index (χ0) is 16.0. The molecule has 1 aromatic rings. The van der Waals surface area contributed by atoms with Crippen LogP contribution in [0.1, 0.15) is 56.4 Å². The highest BCUT2D eigenvalue weighted by Crippen LogP contribution is 2.58. The summed E-state index contributed by atoms with van der Waals surface area (Å²) < 4.78 is 5.27. The van der Waals surface area contributed by atoms with Crippen molar-refractivity contribution in [3.8, 4) is 5.75 Å². The average molecular weight is 314 g/mol. The highest BCUT2D eigenvalue weighted by molar-refractivity contribution is 5.87. The fraction of sp³-hybridized carbons (Fsp3) is 0.650. The summed E-state index contributed by atoms with van der Waals surface area (Å²) >= 11 is 0. The minimum Gasteiger partial charge on any atom is -0.497 e. The Labute approximate surface area is 138 Å². The van der Waals surface area contributed by atoms with E-state index in [0.717, 1.165) is 44.3 Å². The summed E-state index contributed by atoms with van der Waals surface area (Å²) in [5.41, 5.74) is 0.437. The van der Waals surface area contributed by atoms with Crippen LogP contribution in [0.5, 0.6) is 5.75 Å². The Kier molecular flexibility index (Phi) is 3.72. The average Bonchev–Trinajstić information content (AvgIpc) is 2.57. The maximum atomic E-state index is 13.0. The van der Waals surface area contributed by atoms with Gasteiger partial charge in [0.1, 0.15) is 11.5 Å². The molecule has 0 radical (unpaired) electrons. The molecule has 3 heteroatoms. The lowest BCUT2D eigenvalue weighted by atomic mass is 9.49. The third-order valence-electron chi connectivity index (χ3n) is 6.67. The first-order chi connectivity index (χ1) is 11.1. The number of methoxy groups -OCH3 is 1. The van der Waals surface area contributed by atoms with Crippen LogP contribution in [-0.2, 0) is 4.79 Å². The van der Waals surface area contributed by atoms with Crippen LogP contribution < -0.4 is 4.74 Å². The number of hydrogen-bond donors (Lipinski definition) is 1. The molecule has 0 aromatic heterocycles. The van der Waals surface area contributed by atoms with Crippen LogP contribution in [0.25, 0.3) is 0 Å². The number of aliphatic hydroxyl groups is 1. The first-order valence-electron chi connectivity index (χ1n) is 9.05. The monoisotopic (exact) mass is 314 g/mol. The van der Waals surface area contributed by atoms with Crippen LogP contribution in [0, 0.1) is 17.8 Å². The molecule has 3 fully saturated rings. The molecule has 3 aliphatic carbocycles. The number of Topliss-reactive ketones (excluding diaryl/α,β-unsaturated/α-hetero) is 1. The summed E-state index contributed by atoms with van der Waals surface area (Å²) in [5, 5.41) is 11.5. The molecular weight excluding hydrogens is 288 g/mol. The topological polar surface area (TPSA) is 46.5 Å². The van der Waals surface area contributed by atoms with Crippen molar-refractivity contribution in [1.29, 1.82) is 0 Å². The summed E-state index contributed by atoms with van der Waals surface area (Å²) in [4.78, 5) is 13.0. The Morgan fingerprint density at radius 1 is 1.09 bits per heavy atom. The standard InChI is InChI=1S/C20H26O3/c1-23-14-10-8-13(9-11-14)18-15-5-4-7-17(19(15)21)20(22)12-3-2-6-16(18)20/h8-11,15-18,22H,2-7,12H2,1H3. The van der Waals surface area contributed by atoms with Gasteiger partial charge < -0.3 is 9.84 Å². The Balaban J connectivity index is 1.77. The van der Waals surface area contributed by atoms with Gasteiger partial charge in [-0.3, -0.25) is 4.79 Å². The second kappa shape index (κ2) is 5.62. The largest absolute Gasteiger partial charge is 0.497 e. The first-order valence-corrected chi connectivity index (χ1v) is 9.05. The Morgan fingerprint density at radius 2 is 1.87 bits per heavy atom. The molecule has 4 rings (SSSR count). The second-order valence-electron chi connectivity index (χ2n) is 7.63. The van der Waals surface area contributed by atoms with Gasteiger partial charge in [-0.15, -0.1) is 0 Å². The van der Waals surface area contributed by atoms with E-state index in [1.807, 2.05) is 12.1 Å². The highest BCUT2D eigenvalue weighted by Gasteiger charge is 2.59. The number of fused-ring (bicyclic) bond motifs is 4. The van der Waals surface area contributed by atoms with Gasteiger partial charge in [0.2, 0.25) is 0 Å². The lowest BCUT2D eigenvalue weighted by Crippen LogP contribution is -2.60. The van der Waals surface area contributed by atoms with Gasteiger partial charge in [0, 0.05) is 11.8 Å². The second-order valence-corrected chi connectivity index (χ2v) is 7.63. The molecule has 1 N–H and O–H groups in total. The summed E-state index contributed by atoms with van der Waals surface area (Å²) in [6.45, 7) is 0. The molecule has 0 saturated heterocycles. The molecule has 1 aromatic carbocycles. The zero-order valence-corrected chi connectivity index (χ0v) is 13.8. The zero-order valence-electron chi connectivity index (χ0n) is 13.8. The third-order valence-corrected chi connectivity index (χ3v) is 6.67. The fourth-order valence-corrected chi connectivity index (χ4v) is 5.64. The van der Waals surface area contributed by atoms with Gasteiger partial charge in [-0.1, -0.05) is 31.4 Å². The minimum atomic E-state index is -0.767. The van der Waals surface area contributed by atoms with Crippen LogP contribution >= 0.6 is 0 Å². The number of benzene rings is 1. The molecule has 0 aliphatic heterocycles. The number of carbonyl (C=O) groups is 1. The molecule has 23 heavy (non-hydrogen) atoms. The number of ether oxygens (including phenoxy) is 1. The van der Waals surface area contributed by atoms with Crippen molar-refractivity contribution in [2.45, 2.75) is 56.5 Å². The van der Waals surface area contributed by atoms with Crippen LogP contribution in [0.2, 0.25) is 0 Å². The van der Waals surface area contributed by atoms with Gasteiger partial charge in [0.15, 0.2) is 0 Å². The number of ketones is 1. The molecule has 2 bridgehead atoms. The van der Waals surface area contributed by atoms with Crippen molar-refractivity contribution >= 4 is 5.78 Å². The molecule has 0 amide bonds. The molecule has 0 spiro atoms. The lowest BCUT2D eigenvalue weighted by molar-refractivity contribution is -0.172. The van der Waals surface area contributed by atoms with Gasteiger partial charge in [-0.2, -0.15) is 0 Å². The summed E-state index contributed by atoms with van der Waals surface area (Å²) in [5.74, 6) is 1.58. The first kappa shape index (κ1) is 15.2. The fourth-order valence-electron chi connectivity index (χ4n) is 5.64. The quantitative estimate of drug-likeness (QED) is 0.905. The molecule has 3 aliphatic rings. The Hall–Kier alpha value is -1.35. The third kappa shape index (κ3) is 2.24. The molecule has 3 nitrogen and oxygen atoms in total. The van der Waals surface area contributed by atoms with Crippen molar-refractivity contribution in [1.82, 2.24) is 0 Å². The molecule has 5 atom stereocenters. The van der Waals surface area contributed by atoms with Crippen molar-refractivity contribution < 1.29 is 14.6 Å². The van der Waals surface area contributed by atoms with E-state index < -0.39 is 5.60 Å². The van der Waals surface area contributed by atoms with E-state index >= 15 is 0 Å². The van der Waals surface area contributed by atoms with E-state index in [1.54, 1.807) is 7.11 Å². The van der Waals surface area contributed by atoms with Gasteiger partial charge in [-0.25, -0.2) is 0 Å². The molecule has 124 valence electrons. The van der Waals surface area contributed by atoms with Crippen LogP contribution in [-0.4, -0.2) is 23.6 Å². The van der Waals surface area contributed by atoms with Crippen LogP contribution in [0.3, 0.4) is 0 Å². The van der Waals surface area contributed by atoms with Crippen molar-refractivity contribution in [3.63, 3.8) is 0 Å². The van der Waals surface area contributed by atoms with E-state index in [-0.39, 0.29) is 23.7 Å². The highest BCUT2D eigenvalue weighted by atomic mass is 16.5. The molecule has 0 heterocycles. The van der Waals surface area contributed by atoms with Gasteiger partial charge in [0.25, 0.3) is 0 Å². The maximum Gasteiger partial charge on any atom is 0.142 e.